The average molecular weight is 259 g/mol. The standard InChI is InChI=1S/C15H18FN3/c1-15(7-2-8-17-15)14-18-12-9-10(16)3-6-13(12)19(14)11-4-5-11/h3,6,9,11,17H,2,4-5,7-8H2,1H3. The number of aromatic nitrogens is 2. The number of nitrogens with zero attached hydrogens (tertiary/aromatic N) is 2. The number of hydrogen-bond donors (Lipinski definition) is 1. The summed E-state index contributed by atoms with van der Waals surface area (Å²) in [7, 11) is 0. The minimum atomic E-state index is -0.205. The van der Waals surface area contributed by atoms with Gasteiger partial charge in [-0.25, -0.2) is 9.37 Å². The summed E-state index contributed by atoms with van der Waals surface area (Å²) >= 11 is 0. The lowest BCUT2D eigenvalue weighted by molar-refractivity contribution is 0.389. The smallest absolute Gasteiger partial charge is 0.130 e. The second kappa shape index (κ2) is 3.79. The zero-order chi connectivity index (χ0) is 13.0. The van der Waals surface area contributed by atoms with Crippen LogP contribution in [0.2, 0.25) is 0 Å². The molecule has 1 saturated carbocycles. The summed E-state index contributed by atoms with van der Waals surface area (Å²) in [6.07, 6.45) is 4.71. The van der Waals surface area contributed by atoms with E-state index in [2.05, 4.69) is 16.8 Å². The molecule has 1 aromatic heterocycles. The van der Waals surface area contributed by atoms with Gasteiger partial charge in [0, 0.05) is 12.1 Å². The Morgan fingerprint density at radius 1 is 1.42 bits per heavy atom. The van der Waals surface area contributed by atoms with Crippen LogP contribution in [-0.4, -0.2) is 16.1 Å². The second-order valence-electron chi connectivity index (χ2n) is 6.03. The van der Waals surface area contributed by atoms with Crippen molar-refractivity contribution in [1.82, 2.24) is 14.9 Å². The molecular weight excluding hydrogens is 241 g/mol. The first-order valence-corrected chi connectivity index (χ1v) is 7.10. The molecule has 0 bridgehead atoms. The molecule has 2 heterocycles. The second-order valence-corrected chi connectivity index (χ2v) is 6.03. The predicted molar refractivity (Wildman–Crippen MR) is 72.6 cm³/mol. The number of rotatable bonds is 2. The molecule has 4 rings (SSSR count). The van der Waals surface area contributed by atoms with E-state index in [9.17, 15) is 4.39 Å². The molecule has 0 amide bonds. The van der Waals surface area contributed by atoms with Crippen molar-refractivity contribution in [2.45, 2.75) is 44.2 Å². The van der Waals surface area contributed by atoms with Crippen LogP contribution in [0.3, 0.4) is 0 Å². The lowest BCUT2D eigenvalue weighted by Gasteiger charge is -2.25. The first kappa shape index (κ1) is 11.4. The summed E-state index contributed by atoms with van der Waals surface area (Å²) in [6.45, 7) is 3.26. The van der Waals surface area contributed by atoms with Crippen LogP contribution in [0.1, 0.15) is 44.5 Å². The van der Waals surface area contributed by atoms with Crippen molar-refractivity contribution < 1.29 is 4.39 Å². The third kappa shape index (κ3) is 1.70. The van der Waals surface area contributed by atoms with Crippen molar-refractivity contribution in [1.29, 1.82) is 0 Å². The molecule has 1 atom stereocenters. The van der Waals surface area contributed by atoms with Gasteiger partial charge in [0.15, 0.2) is 0 Å². The fraction of sp³-hybridized carbons (Fsp3) is 0.533. The van der Waals surface area contributed by atoms with E-state index >= 15 is 0 Å². The van der Waals surface area contributed by atoms with Gasteiger partial charge in [-0.2, -0.15) is 0 Å². The van der Waals surface area contributed by atoms with E-state index in [-0.39, 0.29) is 11.4 Å². The van der Waals surface area contributed by atoms with Crippen LogP contribution in [0.25, 0.3) is 11.0 Å². The van der Waals surface area contributed by atoms with Gasteiger partial charge in [0.2, 0.25) is 0 Å². The number of halogens is 1. The topological polar surface area (TPSA) is 29.9 Å². The summed E-state index contributed by atoms with van der Waals surface area (Å²) in [5, 5.41) is 3.57. The van der Waals surface area contributed by atoms with Crippen LogP contribution in [0.15, 0.2) is 18.2 Å². The van der Waals surface area contributed by atoms with Crippen molar-refractivity contribution in [2.24, 2.45) is 0 Å². The van der Waals surface area contributed by atoms with E-state index in [1.165, 1.54) is 25.3 Å². The van der Waals surface area contributed by atoms with Gasteiger partial charge in [-0.15, -0.1) is 0 Å². The van der Waals surface area contributed by atoms with Crippen LogP contribution in [0, 0.1) is 5.82 Å². The molecule has 1 aromatic carbocycles. The Kier molecular flexibility index (Phi) is 2.28. The molecule has 1 saturated heterocycles. The van der Waals surface area contributed by atoms with Crippen molar-refractivity contribution in [3.63, 3.8) is 0 Å². The zero-order valence-electron chi connectivity index (χ0n) is 11.1. The summed E-state index contributed by atoms with van der Waals surface area (Å²) in [4.78, 5) is 4.75. The van der Waals surface area contributed by atoms with Crippen LogP contribution in [0.5, 0.6) is 0 Å². The Morgan fingerprint density at radius 2 is 2.26 bits per heavy atom. The van der Waals surface area contributed by atoms with Gasteiger partial charge in [0.05, 0.1) is 16.6 Å². The average Bonchev–Trinajstić information content (AvgIpc) is 3.01. The van der Waals surface area contributed by atoms with Crippen LogP contribution < -0.4 is 5.32 Å². The molecule has 1 aliphatic heterocycles. The molecule has 1 N–H and O–H groups in total. The van der Waals surface area contributed by atoms with Crippen molar-refractivity contribution in [3.05, 3.63) is 29.8 Å². The maximum Gasteiger partial charge on any atom is 0.130 e. The molecule has 4 heteroatoms. The Bertz CT molecular complexity index is 636. The van der Waals surface area contributed by atoms with E-state index in [1.54, 1.807) is 6.07 Å². The number of hydrogen-bond acceptors (Lipinski definition) is 2. The number of imidazole rings is 1. The highest BCUT2D eigenvalue weighted by Gasteiger charge is 2.38. The maximum atomic E-state index is 13.4. The van der Waals surface area contributed by atoms with Gasteiger partial charge in [0.25, 0.3) is 0 Å². The largest absolute Gasteiger partial charge is 0.323 e. The molecule has 0 spiro atoms. The Labute approximate surface area is 111 Å². The number of nitrogens with one attached hydrogen (secondary N) is 1. The molecule has 2 aliphatic rings. The van der Waals surface area contributed by atoms with E-state index in [0.717, 1.165) is 29.8 Å². The van der Waals surface area contributed by atoms with Gasteiger partial charge in [0.1, 0.15) is 11.6 Å². The van der Waals surface area contributed by atoms with Crippen LogP contribution in [0.4, 0.5) is 4.39 Å². The monoisotopic (exact) mass is 259 g/mol. The minimum absolute atomic E-state index is 0.0575. The fourth-order valence-electron chi connectivity index (χ4n) is 3.25. The van der Waals surface area contributed by atoms with Crippen molar-refractivity contribution >= 4 is 11.0 Å². The predicted octanol–water partition coefficient (Wildman–Crippen LogP) is 3.11. The van der Waals surface area contributed by atoms with E-state index < -0.39 is 0 Å². The fourth-order valence-corrected chi connectivity index (χ4v) is 3.25. The Morgan fingerprint density at radius 3 is 2.95 bits per heavy atom. The molecule has 100 valence electrons. The van der Waals surface area contributed by atoms with Gasteiger partial charge in [-0.3, -0.25) is 0 Å². The summed E-state index contributed by atoms with van der Waals surface area (Å²) in [6, 6.07) is 5.52. The Balaban J connectivity index is 1.96. The van der Waals surface area contributed by atoms with Gasteiger partial charge < -0.3 is 9.88 Å². The van der Waals surface area contributed by atoms with Crippen molar-refractivity contribution in [2.75, 3.05) is 6.54 Å². The molecule has 1 aliphatic carbocycles. The quantitative estimate of drug-likeness (QED) is 0.898. The number of benzene rings is 1. The van der Waals surface area contributed by atoms with Crippen molar-refractivity contribution in [3.8, 4) is 0 Å². The first-order chi connectivity index (χ1) is 9.17. The molecule has 0 radical (unpaired) electrons. The van der Waals surface area contributed by atoms with Crippen LogP contribution in [-0.2, 0) is 5.54 Å². The molecule has 1 unspecified atom stereocenters. The first-order valence-electron chi connectivity index (χ1n) is 7.10. The SMILES string of the molecule is CC1(c2nc3cc(F)ccc3n2C2CC2)CCCN1. The van der Waals surface area contributed by atoms with Crippen LogP contribution >= 0.6 is 0 Å². The molecule has 2 aromatic rings. The highest BCUT2D eigenvalue weighted by molar-refractivity contribution is 5.76. The molecular formula is C15H18FN3. The summed E-state index contributed by atoms with van der Waals surface area (Å²) in [5.41, 5.74) is 1.81. The van der Waals surface area contributed by atoms with Gasteiger partial charge in [-0.1, -0.05) is 0 Å². The van der Waals surface area contributed by atoms with E-state index in [4.69, 9.17) is 4.98 Å². The minimum Gasteiger partial charge on any atom is -0.323 e. The summed E-state index contributed by atoms with van der Waals surface area (Å²) in [5.74, 6) is 0.886. The lowest BCUT2D eigenvalue weighted by atomic mass is 9.99. The maximum absolute atomic E-state index is 13.4. The zero-order valence-corrected chi connectivity index (χ0v) is 11.1. The highest BCUT2D eigenvalue weighted by Crippen LogP contribution is 2.42. The van der Waals surface area contributed by atoms with E-state index in [0.29, 0.717) is 6.04 Å². The Hall–Kier alpha value is -1.42. The van der Waals surface area contributed by atoms with Gasteiger partial charge >= 0.3 is 0 Å². The molecule has 2 fully saturated rings. The highest BCUT2D eigenvalue weighted by atomic mass is 19.1. The summed E-state index contributed by atoms with van der Waals surface area (Å²) < 4.78 is 15.7. The lowest BCUT2D eigenvalue weighted by Crippen LogP contribution is -2.36. The number of fused-ring (bicyclic) bond motifs is 1. The third-order valence-corrected chi connectivity index (χ3v) is 4.43. The van der Waals surface area contributed by atoms with Gasteiger partial charge in [-0.05, 0) is 51.3 Å². The normalized spacial score (nSPS) is 27.3. The molecule has 19 heavy (non-hydrogen) atoms. The third-order valence-electron chi connectivity index (χ3n) is 4.43. The van der Waals surface area contributed by atoms with E-state index in [1.807, 2.05) is 6.07 Å². The molecule has 3 nitrogen and oxygen atoms in total.